The average Bonchev–Trinajstić information content (AvgIpc) is 2.36. The van der Waals surface area contributed by atoms with Crippen molar-refractivity contribution in [3.05, 3.63) is 47.0 Å². The van der Waals surface area contributed by atoms with Crippen molar-refractivity contribution < 1.29 is 9.53 Å². The predicted molar refractivity (Wildman–Crippen MR) is 69.8 cm³/mol. The van der Waals surface area contributed by atoms with E-state index in [0.29, 0.717) is 6.61 Å². The van der Waals surface area contributed by atoms with E-state index in [1.54, 1.807) is 0 Å². The molecule has 0 fully saturated rings. The van der Waals surface area contributed by atoms with Crippen LogP contribution in [0.4, 0.5) is 0 Å². The Morgan fingerprint density at radius 1 is 1.18 bits per heavy atom. The standard InChI is InChI=1S/C15H20O2/c1-4-17-15(16)13(3)12(2)10-11-14-8-6-5-7-9-14/h5-9H,4,10-11H2,1-3H3/b13-12+. The van der Waals surface area contributed by atoms with Crippen molar-refractivity contribution in [1.29, 1.82) is 0 Å². The Bertz CT molecular complexity index is 391. The highest BCUT2D eigenvalue weighted by Crippen LogP contribution is 2.13. The van der Waals surface area contributed by atoms with Gasteiger partial charge >= 0.3 is 5.97 Å². The Hall–Kier alpha value is -1.57. The highest BCUT2D eigenvalue weighted by Gasteiger charge is 2.08. The zero-order valence-electron chi connectivity index (χ0n) is 10.8. The van der Waals surface area contributed by atoms with Gasteiger partial charge in [-0.15, -0.1) is 0 Å². The third-order valence-electron chi connectivity index (χ3n) is 2.85. The number of allylic oxidation sites excluding steroid dienone is 1. The van der Waals surface area contributed by atoms with Crippen LogP contribution in [0.5, 0.6) is 0 Å². The first-order chi connectivity index (χ1) is 8.15. The summed E-state index contributed by atoms with van der Waals surface area (Å²) in [7, 11) is 0. The van der Waals surface area contributed by atoms with E-state index in [-0.39, 0.29) is 5.97 Å². The van der Waals surface area contributed by atoms with Crippen molar-refractivity contribution in [1.82, 2.24) is 0 Å². The van der Waals surface area contributed by atoms with Crippen LogP contribution in [-0.4, -0.2) is 12.6 Å². The van der Waals surface area contributed by atoms with Crippen molar-refractivity contribution in [3.8, 4) is 0 Å². The van der Waals surface area contributed by atoms with Crippen LogP contribution in [0.25, 0.3) is 0 Å². The van der Waals surface area contributed by atoms with Crippen molar-refractivity contribution in [2.45, 2.75) is 33.6 Å². The molecule has 1 aromatic rings. The number of ether oxygens (including phenoxy) is 1. The van der Waals surface area contributed by atoms with Crippen LogP contribution < -0.4 is 0 Å². The molecule has 2 nitrogen and oxygen atoms in total. The highest BCUT2D eigenvalue weighted by atomic mass is 16.5. The third-order valence-corrected chi connectivity index (χ3v) is 2.85. The number of hydrogen-bond donors (Lipinski definition) is 0. The molecule has 0 amide bonds. The van der Waals surface area contributed by atoms with Crippen LogP contribution in [0.3, 0.4) is 0 Å². The number of esters is 1. The summed E-state index contributed by atoms with van der Waals surface area (Å²) in [4.78, 5) is 11.5. The molecule has 0 N–H and O–H groups in total. The topological polar surface area (TPSA) is 26.3 Å². The van der Waals surface area contributed by atoms with Gasteiger partial charge in [-0.1, -0.05) is 35.9 Å². The lowest BCUT2D eigenvalue weighted by Crippen LogP contribution is -2.07. The van der Waals surface area contributed by atoms with Gasteiger partial charge in [-0.05, 0) is 39.2 Å². The Morgan fingerprint density at radius 3 is 2.41 bits per heavy atom. The van der Waals surface area contributed by atoms with Crippen molar-refractivity contribution in [2.75, 3.05) is 6.61 Å². The molecule has 1 aromatic carbocycles. The first-order valence-corrected chi connectivity index (χ1v) is 6.02. The fourth-order valence-electron chi connectivity index (χ4n) is 1.58. The van der Waals surface area contributed by atoms with Gasteiger partial charge in [0, 0.05) is 5.57 Å². The van der Waals surface area contributed by atoms with E-state index in [9.17, 15) is 4.79 Å². The Balaban J connectivity index is 2.56. The Kier molecular flexibility index (Phi) is 5.47. The van der Waals surface area contributed by atoms with E-state index in [1.165, 1.54) is 5.56 Å². The zero-order valence-corrected chi connectivity index (χ0v) is 10.8. The van der Waals surface area contributed by atoms with Gasteiger partial charge in [-0.3, -0.25) is 0 Å². The lowest BCUT2D eigenvalue weighted by Gasteiger charge is -2.07. The lowest BCUT2D eigenvalue weighted by molar-refractivity contribution is -0.138. The number of carbonyl (C=O) groups excluding carboxylic acids is 1. The van der Waals surface area contributed by atoms with Gasteiger partial charge in [-0.25, -0.2) is 4.79 Å². The van der Waals surface area contributed by atoms with Crippen molar-refractivity contribution >= 4 is 5.97 Å². The molecule has 0 atom stereocenters. The number of benzene rings is 1. The first kappa shape index (κ1) is 13.5. The number of aryl methyl sites for hydroxylation is 1. The van der Waals surface area contributed by atoms with Gasteiger partial charge in [0.25, 0.3) is 0 Å². The van der Waals surface area contributed by atoms with Crippen LogP contribution in [0, 0.1) is 0 Å². The highest BCUT2D eigenvalue weighted by molar-refractivity contribution is 5.88. The minimum atomic E-state index is -0.196. The smallest absolute Gasteiger partial charge is 0.333 e. The van der Waals surface area contributed by atoms with E-state index in [4.69, 9.17) is 4.74 Å². The number of carbonyl (C=O) groups is 1. The van der Waals surface area contributed by atoms with Crippen LogP contribution in [-0.2, 0) is 16.0 Å². The quantitative estimate of drug-likeness (QED) is 0.573. The van der Waals surface area contributed by atoms with Gasteiger partial charge in [0.15, 0.2) is 0 Å². The molecule has 0 spiro atoms. The molecule has 0 aliphatic rings. The molecule has 0 saturated heterocycles. The summed E-state index contributed by atoms with van der Waals surface area (Å²) in [6.07, 6.45) is 1.86. The second kappa shape index (κ2) is 6.89. The van der Waals surface area contributed by atoms with Crippen molar-refractivity contribution in [3.63, 3.8) is 0 Å². The lowest BCUT2D eigenvalue weighted by atomic mass is 10.0. The van der Waals surface area contributed by atoms with E-state index in [0.717, 1.165) is 24.0 Å². The summed E-state index contributed by atoms with van der Waals surface area (Å²) in [6, 6.07) is 10.3. The van der Waals surface area contributed by atoms with Gasteiger partial charge < -0.3 is 4.74 Å². The first-order valence-electron chi connectivity index (χ1n) is 6.02. The number of hydrogen-bond acceptors (Lipinski definition) is 2. The fourth-order valence-corrected chi connectivity index (χ4v) is 1.58. The minimum Gasteiger partial charge on any atom is -0.463 e. The van der Waals surface area contributed by atoms with Crippen LogP contribution >= 0.6 is 0 Å². The van der Waals surface area contributed by atoms with Gasteiger partial charge in [0.05, 0.1) is 6.61 Å². The SMILES string of the molecule is CCOC(=O)/C(C)=C(\C)CCc1ccccc1. The number of rotatable bonds is 5. The van der Waals surface area contributed by atoms with E-state index in [2.05, 4.69) is 12.1 Å². The fraction of sp³-hybridized carbons (Fsp3) is 0.400. The second-order valence-corrected chi connectivity index (χ2v) is 4.11. The maximum absolute atomic E-state index is 11.5. The maximum atomic E-state index is 11.5. The summed E-state index contributed by atoms with van der Waals surface area (Å²) >= 11 is 0. The zero-order chi connectivity index (χ0) is 12.7. The monoisotopic (exact) mass is 232 g/mol. The Labute approximate surface area is 103 Å². The molecular weight excluding hydrogens is 212 g/mol. The summed E-state index contributed by atoms with van der Waals surface area (Å²) in [6.45, 7) is 6.08. The molecule has 0 unspecified atom stereocenters. The molecule has 0 aliphatic heterocycles. The summed E-state index contributed by atoms with van der Waals surface area (Å²) in [5, 5.41) is 0. The summed E-state index contributed by atoms with van der Waals surface area (Å²) in [5.74, 6) is -0.196. The molecule has 0 saturated carbocycles. The van der Waals surface area contributed by atoms with Gasteiger partial charge in [0.1, 0.15) is 0 Å². The molecule has 0 heterocycles. The molecule has 2 heteroatoms. The maximum Gasteiger partial charge on any atom is 0.333 e. The van der Waals surface area contributed by atoms with E-state index in [1.807, 2.05) is 39.0 Å². The van der Waals surface area contributed by atoms with E-state index >= 15 is 0 Å². The van der Waals surface area contributed by atoms with Gasteiger partial charge in [0.2, 0.25) is 0 Å². The molecule has 0 radical (unpaired) electrons. The average molecular weight is 232 g/mol. The third kappa shape index (κ3) is 4.43. The molecule has 17 heavy (non-hydrogen) atoms. The summed E-state index contributed by atoms with van der Waals surface area (Å²) < 4.78 is 4.98. The second-order valence-electron chi connectivity index (χ2n) is 4.11. The van der Waals surface area contributed by atoms with E-state index < -0.39 is 0 Å². The molecule has 0 bridgehead atoms. The molecular formula is C15H20O2. The van der Waals surface area contributed by atoms with Crippen LogP contribution in [0.15, 0.2) is 41.5 Å². The normalized spacial score (nSPS) is 11.9. The molecule has 0 aromatic heterocycles. The summed E-state index contributed by atoms with van der Waals surface area (Å²) in [5.41, 5.74) is 3.14. The predicted octanol–water partition coefficient (Wildman–Crippen LogP) is 3.52. The van der Waals surface area contributed by atoms with Gasteiger partial charge in [-0.2, -0.15) is 0 Å². The van der Waals surface area contributed by atoms with Crippen LogP contribution in [0.2, 0.25) is 0 Å². The molecule has 0 aliphatic carbocycles. The molecule has 1 rings (SSSR count). The largest absolute Gasteiger partial charge is 0.463 e. The molecule has 92 valence electrons. The Morgan fingerprint density at radius 2 is 1.82 bits per heavy atom. The van der Waals surface area contributed by atoms with Crippen LogP contribution in [0.1, 0.15) is 32.8 Å². The van der Waals surface area contributed by atoms with Crippen molar-refractivity contribution in [2.24, 2.45) is 0 Å². The minimum absolute atomic E-state index is 0.196.